The van der Waals surface area contributed by atoms with Crippen LogP contribution in [-0.4, -0.2) is 44.7 Å². The molecule has 0 aliphatic heterocycles. The summed E-state index contributed by atoms with van der Waals surface area (Å²) in [5.41, 5.74) is 4.43. The number of ether oxygens (including phenoxy) is 1. The van der Waals surface area contributed by atoms with Gasteiger partial charge in [0.2, 0.25) is 5.95 Å². The predicted molar refractivity (Wildman–Crippen MR) is 138 cm³/mol. The third kappa shape index (κ3) is 4.91. The van der Waals surface area contributed by atoms with Crippen LogP contribution in [0.4, 0.5) is 10.3 Å². The number of benzene rings is 2. The maximum atomic E-state index is 13.6. The highest BCUT2D eigenvalue weighted by Crippen LogP contribution is 2.29. The minimum Gasteiger partial charge on any atom is -0.375 e. The van der Waals surface area contributed by atoms with Crippen LogP contribution >= 0.6 is 0 Å². The van der Waals surface area contributed by atoms with E-state index in [1.54, 1.807) is 29.0 Å². The monoisotopic (exact) mass is 500 g/mol. The summed E-state index contributed by atoms with van der Waals surface area (Å²) in [7, 11) is 3.32. The van der Waals surface area contributed by atoms with Gasteiger partial charge in [0.1, 0.15) is 12.4 Å². The number of aryl methyl sites for hydroxylation is 1. The molecule has 0 fully saturated rings. The zero-order chi connectivity index (χ0) is 26.1. The van der Waals surface area contributed by atoms with Crippen LogP contribution in [0.15, 0.2) is 67.0 Å². The van der Waals surface area contributed by atoms with E-state index in [0.717, 1.165) is 22.0 Å². The molecule has 2 amide bonds. The van der Waals surface area contributed by atoms with E-state index < -0.39 is 0 Å². The summed E-state index contributed by atoms with van der Waals surface area (Å²) in [4.78, 5) is 29.4. The second-order valence-corrected chi connectivity index (χ2v) is 8.77. The van der Waals surface area contributed by atoms with Crippen LogP contribution in [0, 0.1) is 5.82 Å². The summed E-state index contributed by atoms with van der Waals surface area (Å²) < 4.78 is 21.9. The normalized spacial score (nSPS) is 12.1. The molecule has 2 aromatic carbocycles. The van der Waals surface area contributed by atoms with Crippen LogP contribution in [0.2, 0.25) is 0 Å². The van der Waals surface area contributed by atoms with Crippen molar-refractivity contribution in [2.24, 2.45) is 7.05 Å². The molecule has 0 aliphatic carbocycles. The molecule has 3 aromatic heterocycles. The zero-order valence-corrected chi connectivity index (χ0v) is 20.5. The lowest BCUT2D eigenvalue weighted by molar-refractivity contribution is -0.119. The fraction of sp³-hybridized carbons (Fsp3) is 0.185. The smallest absolute Gasteiger partial charge is 0.253 e. The number of carbonyl (C=O) groups is 2. The van der Waals surface area contributed by atoms with E-state index >= 15 is 0 Å². The number of nitrogens with zero attached hydrogens (tertiary/aromatic N) is 4. The van der Waals surface area contributed by atoms with Crippen molar-refractivity contribution < 1.29 is 18.7 Å². The van der Waals surface area contributed by atoms with Gasteiger partial charge in [-0.15, -0.1) is 5.10 Å². The van der Waals surface area contributed by atoms with Crippen LogP contribution < -0.4 is 10.6 Å². The second kappa shape index (κ2) is 9.82. The molecule has 37 heavy (non-hydrogen) atoms. The number of fused-ring (bicyclic) bond motifs is 2. The lowest BCUT2D eigenvalue weighted by Gasteiger charge is -2.14. The molecule has 9 nitrogen and oxygen atoms in total. The second-order valence-electron chi connectivity index (χ2n) is 8.77. The third-order valence-corrected chi connectivity index (χ3v) is 6.13. The number of hydrogen-bond donors (Lipinski definition) is 2. The summed E-state index contributed by atoms with van der Waals surface area (Å²) in [5, 5.41) is 10.6. The first kappa shape index (κ1) is 24.1. The molecule has 5 rings (SSSR count). The Morgan fingerprint density at radius 2 is 1.92 bits per heavy atom. The fourth-order valence-corrected chi connectivity index (χ4v) is 4.29. The average Bonchev–Trinajstić information content (AvgIpc) is 3.43. The highest BCUT2D eigenvalue weighted by Gasteiger charge is 2.18. The first-order valence-corrected chi connectivity index (χ1v) is 11.6. The van der Waals surface area contributed by atoms with Crippen molar-refractivity contribution in [3.8, 4) is 11.1 Å². The predicted octanol–water partition coefficient (Wildman–Crippen LogP) is 4.10. The van der Waals surface area contributed by atoms with Crippen molar-refractivity contribution >= 4 is 34.3 Å². The number of aromatic nitrogens is 4. The molecule has 0 radical (unpaired) electrons. The van der Waals surface area contributed by atoms with E-state index in [2.05, 4.69) is 20.7 Å². The van der Waals surface area contributed by atoms with Crippen LogP contribution in [-0.2, 0) is 16.6 Å². The Morgan fingerprint density at radius 1 is 1.11 bits per heavy atom. The van der Waals surface area contributed by atoms with Gasteiger partial charge < -0.3 is 14.6 Å². The van der Waals surface area contributed by atoms with Crippen molar-refractivity contribution in [1.29, 1.82) is 0 Å². The molecule has 0 aliphatic rings. The van der Waals surface area contributed by atoms with Crippen molar-refractivity contribution in [2.75, 3.05) is 19.0 Å². The van der Waals surface area contributed by atoms with Crippen LogP contribution in [0.1, 0.15) is 28.9 Å². The van der Waals surface area contributed by atoms with Gasteiger partial charge in [-0.2, -0.15) is 4.98 Å². The van der Waals surface area contributed by atoms with Gasteiger partial charge in [0.25, 0.3) is 11.8 Å². The Balaban J connectivity index is 1.44. The highest BCUT2D eigenvalue weighted by atomic mass is 19.1. The molecule has 188 valence electrons. The molecule has 0 saturated heterocycles. The minimum absolute atomic E-state index is 0.0885. The van der Waals surface area contributed by atoms with Crippen molar-refractivity contribution in [2.45, 2.75) is 13.0 Å². The summed E-state index contributed by atoms with van der Waals surface area (Å²) in [6.45, 7) is 1.73. The van der Waals surface area contributed by atoms with Gasteiger partial charge >= 0.3 is 0 Å². The maximum absolute atomic E-state index is 13.6. The number of pyridine rings is 1. The summed E-state index contributed by atoms with van der Waals surface area (Å²) in [6, 6.07) is 15.5. The Kier molecular flexibility index (Phi) is 6.41. The molecular weight excluding hydrogens is 475 g/mol. The Labute approximate surface area is 211 Å². The van der Waals surface area contributed by atoms with Crippen molar-refractivity contribution in [3.05, 3.63) is 83.9 Å². The number of methoxy groups -OCH3 is 1. The molecule has 3 heterocycles. The number of nitrogens with one attached hydrogen (secondary N) is 2. The largest absolute Gasteiger partial charge is 0.375 e. The molecule has 0 spiro atoms. The lowest BCUT2D eigenvalue weighted by atomic mass is 10.0. The van der Waals surface area contributed by atoms with Crippen molar-refractivity contribution in [1.82, 2.24) is 24.5 Å². The number of rotatable bonds is 7. The molecule has 0 unspecified atom stereocenters. The lowest BCUT2D eigenvalue weighted by Crippen LogP contribution is -2.26. The SMILES string of the molecule is COCC(=O)Nc1nc2cc(-c3ccc4c(c3)c(C(=O)N[C@@H](C)c3cccc(F)c3)cn4C)ccn2n1. The molecule has 10 heteroatoms. The number of carbonyl (C=O) groups excluding carboxylic acids is 2. The average molecular weight is 501 g/mol. The van der Waals surface area contributed by atoms with Gasteiger partial charge in [0.15, 0.2) is 5.65 Å². The van der Waals surface area contributed by atoms with Gasteiger partial charge in [0, 0.05) is 37.5 Å². The highest BCUT2D eigenvalue weighted by molar-refractivity contribution is 6.08. The Bertz CT molecular complexity index is 1640. The summed E-state index contributed by atoms with van der Waals surface area (Å²) >= 11 is 0. The summed E-state index contributed by atoms with van der Waals surface area (Å²) in [5.74, 6) is -0.749. The van der Waals surface area contributed by atoms with E-state index in [-0.39, 0.29) is 36.2 Å². The standard InChI is InChI=1S/C27H25FN6O3/c1-16(17-5-4-6-20(28)11-17)29-26(36)22-14-33(2)23-8-7-18(12-21(22)23)19-9-10-34-24(13-19)30-27(32-34)31-25(35)15-37-3/h4-14,16H,15H2,1-3H3,(H,29,36)(H,31,32,35)/t16-/m0/s1. The number of amides is 2. The van der Waals surface area contributed by atoms with Crippen molar-refractivity contribution in [3.63, 3.8) is 0 Å². The zero-order valence-electron chi connectivity index (χ0n) is 20.5. The molecular formula is C27H25FN6O3. The Hall–Kier alpha value is -4.57. The molecule has 1 atom stereocenters. The van der Waals surface area contributed by atoms with Gasteiger partial charge in [-0.25, -0.2) is 8.91 Å². The Morgan fingerprint density at radius 3 is 2.70 bits per heavy atom. The van der Waals surface area contributed by atoms with Gasteiger partial charge in [-0.05, 0) is 60.0 Å². The van der Waals surface area contributed by atoms with Gasteiger partial charge in [0.05, 0.1) is 11.6 Å². The molecule has 2 N–H and O–H groups in total. The third-order valence-electron chi connectivity index (χ3n) is 6.13. The number of halogens is 1. The quantitative estimate of drug-likeness (QED) is 0.350. The maximum Gasteiger partial charge on any atom is 0.253 e. The number of anilines is 1. The first-order chi connectivity index (χ1) is 17.8. The van der Waals surface area contributed by atoms with Gasteiger partial charge in [-0.1, -0.05) is 18.2 Å². The summed E-state index contributed by atoms with van der Waals surface area (Å²) in [6.07, 6.45) is 3.55. The van der Waals surface area contributed by atoms with Crippen LogP contribution in [0.25, 0.3) is 27.7 Å². The van der Waals surface area contributed by atoms with Gasteiger partial charge in [-0.3, -0.25) is 14.9 Å². The van der Waals surface area contributed by atoms with Crippen LogP contribution in [0.5, 0.6) is 0 Å². The van der Waals surface area contributed by atoms with E-state index in [4.69, 9.17) is 4.74 Å². The van der Waals surface area contributed by atoms with E-state index in [1.165, 1.54) is 19.2 Å². The van der Waals surface area contributed by atoms with E-state index in [9.17, 15) is 14.0 Å². The molecule has 0 saturated carbocycles. The topological polar surface area (TPSA) is 103 Å². The number of hydrogen-bond acceptors (Lipinski definition) is 5. The molecule has 5 aromatic rings. The first-order valence-electron chi connectivity index (χ1n) is 11.6. The van der Waals surface area contributed by atoms with Crippen LogP contribution in [0.3, 0.4) is 0 Å². The minimum atomic E-state index is -0.365. The van der Waals surface area contributed by atoms with E-state index in [1.807, 2.05) is 48.9 Å². The van der Waals surface area contributed by atoms with E-state index in [0.29, 0.717) is 16.8 Å². The fourth-order valence-electron chi connectivity index (χ4n) is 4.29. The molecule has 0 bridgehead atoms.